The van der Waals surface area contributed by atoms with Gasteiger partial charge in [0.25, 0.3) is 0 Å². The lowest BCUT2D eigenvalue weighted by Crippen LogP contribution is -2.39. The molecule has 0 saturated carbocycles. The van der Waals surface area contributed by atoms with Crippen molar-refractivity contribution in [3.63, 3.8) is 0 Å². The molecular weight excluding hydrogens is 242 g/mol. The molecule has 2 N–H and O–H groups in total. The smallest absolute Gasteiger partial charge is 0.124 e. The first-order chi connectivity index (χ1) is 9.03. The van der Waals surface area contributed by atoms with E-state index >= 15 is 0 Å². The van der Waals surface area contributed by atoms with Crippen LogP contribution in [0.2, 0.25) is 0 Å². The van der Waals surface area contributed by atoms with Crippen LogP contribution in [0.15, 0.2) is 18.2 Å². The summed E-state index contributed by atoms with van der Waals surface area (Å²) in [6, 6.07) is 5.77. The zero-order valence-electron chi connectivity index (χ0n) is 12.4. The largest absolute Gasteiger partial charge is 0.497 e. The number of benzene rings is 1. The van der Waals surface area contributed by atoms with Crippen LogP contribution in [0.5, 0.6) is 11.5 Å². The number of aliphatic hydroxyl groups excluding tert-OH is 1. The maximum atomic E-state index is 10.6. The van der Waals surface area contributed by atoms with Crippen LogP contribution in [0.4, 0.5) is 0 Å². The van der Waals surface area contributed by atoms with E-state index in [1.54, 1.807) is 14.2 Å². The molecule has 19 heavy (non-hydrogen) atoms. The maximum absolute atomic E-state index is 10.6. The number of nitrogens with one attached hydrogen (secondary N) is 1. The molecule has 0 saturated heterocycles. The van der Waals surface area contributed by atoms with Crippen molar-refractivity contribution < 1.29 is 14.6 Å². The minimum Gasteiger partial charge on any atom is -0.497 e. The van der Waals surface area contributed by atoms with E-state index in [0.29, 0.717) is 17.5 Å². The van der Waals surface area contributed by atoms with Crippen LogP contribution in [-0.2, 0) is 0 Å². The van der Waals surface area contributed by atoms with E-state index in [-0.39, 0.29) is 6.04 Å². The fourth-order valence-electron chi connectivity index (χ4n) is 2.15. The predicted octanol–water partition coefficient (Wildman–Crippen LogP) is 2.51. The number of hydrogen-bond donors (Lipinski definition) is 2. The van der Waals surface area contributed by atoms with E-state index in [1.165, 1.54) is 0 Å². The normalized spacial score (nSPS) is 14.3. The van der Waals surface area contributed by atoms with Crippen molar-refractivity contribution in [1.82, 2.24) is 5.32 Å². The summed E-state index contributed by atoms with van der Waals surface area (Å²) in [7, 11) is 3.22. The van der Waals surface area contributed by atoms with E-state index < -0.39 is 6.10 Å². The molecule has 2 atom stereocenters. The van der Waals surface area contributed by atoms with Gasteiger partial charge in [0.15, 0.2) is 0 Å². The molecule has 0 aliphatic heterocycles. The van der Waals surface area contributed by atoms with Gasteiger partial charge in [0.05, 0.1) is 20.3 Å². The van der Waals surface area contributed by atoms with Gasteiger partial charge in [-0.1, -0.05) is 20.8 Å². The fourth-order valence-corrected chi connectivity index (χ4v) is 2.15. The third kappa shape index (κ3) is 4.11. The van der Waals surface area contributed by atoms with Crippen LogP contribution in [0.25, 0.3) is 0 Å². The van der Waals surface area contributed by atoms with Crippen molar-refractivity contribution in [2.45, 2.75) is 45.4 Å². The summed E-state index contributed by atoms with van der Waals surface area (Å²) in [6.07, 6.45) is 0.206. The van der Waals surface area contributed by atoms with Gasteiger partial charge in [-0.2, -0.15) is 0 Å². The zero-order chi connectivity index (χ0) is 14.4. The minimum atomic E-state index is -0.627. The van der Waals surface area contributed by atoms with Gasteiger partial charge < -0.3 is 19.9 Å². The lowest BCUT2D eigenvalue weighted by Gasteiger charge is -2.26. The molecule has 0 heterocycles. The van der Waals surface area contributed by atoms with Gasteiger partial charge in [0.1, 0.15) is 11.5 Å². The fraction of sp³-hybridized carbons (Fsp3) is 0.600. The highest BCUT2D eigenvalue weighted by atomic mass is 16.5. The Morgan fingerprint density at radius 1 is 1.21 bits per heavy atom. The molecular formula is C15H25NO3. The lowest BCUT2D eigenvalue weighted by atomic mass is 9.98. The van der Waals surface area contributed by atoms with E-state index in [0.717, 1.165) is 12.0 Å². The first kappa shape index (κ1) is 15.8. The highest BCUT2D eigenvalue weighted by Crippen LogP contribution is 2.31. The molecule has 1 aromatic rings. The molecule has 0 amide bonds. The predicted molar refractivity (Wildman–Crippen MR) is 76.9 cm³/mol. The van der Waals surface area contributed by atoms with Crippen LogP contribution in [0.3, 0.4) is 0 Å². The summed E-state index contributed by atoms with van der Waals surface area (Å²) >= 11 is 0. The second-order valence-corrected chi connectivity index (χ2v) is 4.89. The number of methoxy groups -OCH3 is 2. The van der Waals surface area contributed by atoms with Crippen LogP contribution >= 0.6 is 0 Å². The Kier molecular flexibility index (Phi) is 6.12. The summed E-state index contributed by atoms with van der Waals surface area (Å²) in [4.78, 5) is 0. The quantitative estimate of drug-likeness (QED) is 0.797. The van der Waals surface area contributed by atoms with E-state index in [9.17, 15) is 5.11 Å². The van der Waals surface area contributed by atoms with Crippen LogP contribution in [0.1, 0.15) is 38.9 Å². The van der Waals surface area contributed by atoms with Crippen molar-refractivity contribution in [2.24, 2.45) is 0 Å². The second kappa shape index (κ2) is 7.36. The summed E-state index contributed by atoms with van der Waals surface area (Å²) in [5.41, 5.74) is 0.752. The van der Waals surface area contributed by atoms with Crippen molar-refractivity contribution in [3.8, 4) is 11.5 Å². The van der Waals surface area contributed by atoms with Gasteiger partial charge in [-0.3, -0.25) is 0 Å². The molecule has 0 radical (unpaired) electrons. The SMILES string of the molecule is CCC(NC(C)C)C(O)c1cc(OC)ccc1OC. The number of hydrogen-bond acceptors (Lipinski definition) is 4. The Labute approximate surface area is 115 Å². The average molecular weight is 267 g/mol. The van der Waals surface area contributed by atoms with Crippen molar-refractivity contribution in [3.05, 3.63) is 23.8 Å². The number of aliphatic hydroxyl groups is 1. The average Bonchev–Trinajstić information content (AvgIpc) is 2.42. The van der Waals surface area contributed by atoms with E-state index in [4.69, 9.17) is 9.47 Å². The first-order valence-corrected chi connectivity index (χ1v) is 6.69. The van der Waals surface area contributed by atoms with E-state index in [1.807, 2.05) is 18.2 Å². The summed E-state index contributed by atoms with van der Waals surface area (Å²) in [6.45, 7) is 6.19. The monoisotopic (exact) mass is 267 g/mol. The van der Waals surface area contributed by atoms with Crippen LogP contribution < -0.4 is 14.8 Å². The maximum Gasteiger partial charge on any atom is 0.124 e. The molecule has 4 heteroatoms. The molecule has 0 spiro atoms. The zero-order valence-corrected chi connectivity index (χ0v) is 12.4. The second-order valence-electron chi connectivity index (χ2n) is 4.89. The topological polar surface area (TPSA) is 50.7 Å². The molecule has 0 fully saturated rings. The lowest BCUT2D eigenvalue weighted by molar-refractivity contribution is 0.118. The number of ether oxygens (including phenoxy) is 2. The summed E-state index contributed by atoms with van der Waals surface area (Å²) < 4.78 is 10.5. The number of rotatable bonds is 7. The van der Waals surface area contributed by atoms with Crippen molar-refractivity contribution in [1.29, 1.82) is 0 Å². The van der Waals surface area contributed by atoms with Crippen LogP contribution in [-0.4, -0.2) is 31.4 Å². The molecule has 0 aliphatic rings. The van der Waals surface area contributed by atoms with E-state index in [2.05, 4.69) is 26.1 Å². The first-order valence-electron chi connectivity index (χ1n) is 6.69. The molecule has 108 valence electrons. The molecule has 0 aromatic heterocycles. The van der Waals surface area contributed by atoms with Crippen molar-refractivity contribution >= 4 is 0 Å². The third-order valence-electron chi connectivity index (χ3n) is 3.12. The summed E-state index contributed by atoms with van der Waals surface area (Å²) in [5.74, 6) is 1.39. The highest BCUT2D eigenvalue weighted by Gasteiger charge is 2.23. The molecule has 4 nitrogen and oxygen atoms in total. The van der Waals surface area contributed by atoms with Gasteiger partial charge in [-0.05, 0) is 24.6 Å². The van der Waals surface area contributed by atoms with Crippen LogP contribution in [0, 0.1) is 0 Å². The Balaban J connectivity index is 3.04. The standard InChI is InChI=1S/C15H25NO3/c1-6-13(16-10(2)3)15(17)12-9-11(18-4)7-8-14(12)19-5/h7-10,13,15-17H,6H2,1-5H3. The van der Waals surface area contributed by atoms with Gasteiger partial charge in [0.2, 0.25) is 0 Å². The minimum absolute atomic E-state index is 0.0130. The molecule has 1 rings (SSSR count). The van der Waals surface area contributed by atoms with Gasteiger partial charge in [-0.25, -0.2) is 0 Å². The van der Waals surface area contributed by atoms with Gasteiger partial charge >= 0.3 is 0 Å². The Bertz CT molecular complexity index is 393. The van der Waals surface area contributed by atoms with Gasteiger partial charge in [0, 0.05) is 17.6 Å². The Morgan fingerprint density at radius 3 is 2.37 bits per heavy atom. The molecule has 0 bridgehead atoms. The highest BCUT2D eigenvalue weighted by molar-refractivity contribution is 5.42. The third-order valence-corrected chi connectivity index (χ3v) is 3.12. The van der Waals surface area contributed by atoms with Crippen molar-refractivity contribution in [2.75, 3.05) is 14.2 Å². The molecule has 2 unspecified atom stereocenters. The molecule has 1 aromatic carbocycles. The Morgan fingerprint density at radius 2 is 1.89 bits per heavy atom. The summed E-state index contributed by atoms with van der Waals surface area (Å²) in [5, 5.41) is 13.9. The van der Waals surface area contributed by atoms with Gasteiger partial charge in [-0.15, -0.1) is 0 Å². The molecule has 0 aliphatic carbocycles. The Hall–Kier alpha value is -1.26.